The van der Waals surface area contributed by atoms with Crippen LogP contribution in [0.1, 0.15) is 34.9 Å². The summed E-state index contributed by atoms with van der Waals surface area (Å²) in [5, 5.41) is 10.5. The fourth-order valence-electron chi connectivity index (χ4n) is 3.01. The highest BCUT2D eigenvalue weighted by atomic mass is 16.3. The number of rotatable bonds is 3. The maximum Gasteiger partial charge on any atom is 0.255 e. The van der Waals surface area contributed by atoms with Crippen molar-refractivity contribution in [1.82, 2.24) is 9.88 Å². The van der Waals surface area contributed by atoms with Gasteiger partial charge in [-0.1, -0.05) is 30.3 Å². The molecule has 1 amide bonds. The zero-order valence-electron chi connectivity index (χ0n) is 12.4. The fourth-order valence-corrected chi connectivity index (χ4v) is 3.01. The molecule has 0 spiro atoms. The van der Waals surface area contributed by atoms with Crippen LogP contribution in [0.25, 0.3) is 0 Å². The molecule has 4 heteroatoms. The largest absolute Gasteiger partial charge is 0.388 e. The number of amides is 1. The average molecular weight is 296 g/mol. The second kappa shape index (κ2) is 6.71. The summed E-state index contributed by atoms with van der Waals surface area (Å²) in [7, 11) is 0. The number of likely N-dealkylation sites (tertiary alicyclic amines) is 1. The molecule has 1 saturated heterocycles. The zero-order chi connectivity index (χ0) is 15.4. The van der Waals surface area contributed by atoms with Gasteiger partial charge in [-0.3, -0.25) is 9.78 Å². The third kappa shape index (κ3) is 3.17. The maximum absolute atomic E-state index is 12.4. The first-order valence-electron chi connectivity index (χ1n) is 7.68. The normalized spacial score (nSPS) is 17.2. The molecule has 0 bridgehead atoms. The zero-order valence-corrected chi connectivity index (χ0v) is 12.4. The van der Waals surface area contributed by atoms with Gasteiger partial charge in [0.1, 0.15) is 0 Å². The minimum Gasteiger partial charge on any atom is -0.388 e. The van der Waals surface area contributed by atoms with Gasteiger partial charge in [0.25, 0.3) is 5.91 Å². The van der Waals surface area contributed by atoms with E-state index in [1.807, 2.05) is 35.2 Å². The van der Waals surface area contributed by atoms with Gasteiger partial charge in [0.05, 0.1) is 11.7 Å². The van der Waals surface area contributed by atoms with E-state index in [9.17, 15) is 9.90 Å². The number of pyridine rings is 1. The molecule has 1 N–H and O–H groups in total. The van der Waals surface area contributed by atoms with Crippen molar-refractivity contribution in [2.75, 3.05) is 13.1 Å². The van der Waals surface area contributed by atoms with Gasteiger partial charge < -0.3 is 10.0 Å². The molecule has 1 aromatic carbocycles. The van der Waals surface area contributed by atoms with Gasteiger partial charge in [-0.25, -0.2) is 0 Å². The Labute approximate surface area is 130 Å². The van der Waals surface area contributed by atoms with Gasteiger partial charge in [0.15, 0.2) is 0 Å². The van der Waals surface area contributed by atoms with E-state index < -0.39 is 6.10 Å². The lowest BCUT2D eigenvalue weighted by Crippen LogP contribution is -2.39. The number of aromatic nitrogens is 1. The molecule has 1 fully saturated rings. The van der Waals surface area contributed by atoms with E-state index in [2.05, 4.69) is 4.98 Å². The van der Waals surface area contributed by atoms with E-state index in [0.29, 0.717) is 18.7 Å². The van der Waals surface area contributed by atoms with Crippen LogP contribution in [0, 0.1) is 5.92 Å². The SMILES string of the molecule is O=C(c1cccnc1)N1CCC(C(O)c2ccccc2)CC1. The first-order chi connectivity index (χ1) is 10.8. The molecule has 2 aromatic rings. The number of benzene rings is 1. The quantitative estimate of drug-likeness (QED) is 0.947. The molecule has 3 rings (SSSR count). The Bertz CT molecular complexity index is 607. The molecule has 0 aliphatic carbocycles. The van der Waals surface area contributed by atoms with Crippen LogP contribution in [0.5, 0.6) is 0 Å². The van der Waals surface area contributed by atoms with E-state index in [1.54, 1.807) is 24.5 Å². The van der Waals surface area contributed by atoms with Gasteiger partial charge >= 0.3 is 0 Å². The fraction of sp³-hybridized carbons (Fsp3) is 0.333. The maximum atomic E-state index is 12.4. The Morgan fingerprint density at radius 1 is 1.14 bits per heavy atom. The summed E-state index contributed by atoms with van der Waals surface area (Å²) in [6, 6.07) is 13.3. The third-order valence-electron chi connectivity index (χ3n) is 4.32. The van der Waals surface area contributed by atoms with Gasteiger partial charge in [-0.05, 0) is 36.5 Å². The summed E-state index contributed by atoms with van der Waals surface area (Å²) in [6.07, 6.45) is 4.47. The van der Waals surface area contributed by atoms with Crippen LogP contribution in [-0.4, -0.2) is 34.0 Å². The Balaban J connectivity index is 1.60. The number of aliphatic hydroxyl groups excluding tert-OH is 1. The van der Waals surface area contributed by atoms with E-state index in [0.717, 1.165) is 18.4 Å². The van der Waals surface area contributed by atoms with Crippen LogP contribution in [0.2, 0.25) is 0 Å². The number of carbonyl (C=O) groups excluding carboxylic acids is 1. The molecule has 1 atom stereocenters. The Hall–Kier alpha value is -2.20. The summed E-state index contributed by atoms with van der Waals surface area (Å²) in [5.74, 6) is 0.237. The molecule has 114 valence electrons. The summed E-state index contributed by atoms with van der Waals surface area (Å²) in [5.41, 5.74) is 1.59. The molecular formula is C18H20N2O2. The Morgan fingerprint density at radius 2 is 1.86 bits per heavy atom. The van der Waals surface area contributed by atoms with Crippen molar-refractivity contribution in [1.29, 1.82) is 0 Å². The topological polar surface area (TPSA) is 53.4 Å². The highest BCUT2D eigenvalue weighted by molar-refractivity contribution is 5.93. The van der Waals surface area contributed by atoms with Crippen LogP contribution in [0.4, 0.5) is 0 Å². The second-order valence-corrected chi connectivity index (χ2v) is 5.73. The lowest BCUT2D eigenvalue weighted by molar-refractivity contribution is 0.0462. The van der Waals surface area contributed by atoms with Crippen molar-refractivity contribution in [3.8, 4) is 0 Å². The Kier molecular flexibility index (Phi) is 4.49. The molecule has 0 radical (unpaired) electrons. The highest BCUT2D eigenvalue weighted by Gasteiger charge is 2.28. The molecule has 0 saturated carbocycles. The lowest BCUT2D eigenvalue weighted by Gasteiger charge is -2.34. The average Bonchev–Trinajstić information content (AvgIpc) is 2.62. The van der Waals surface area contributed by atoms with Crippen molar-refractivity contribution in [2.24, 2.45) is 5.92 Å². The molecule has 1 aromatic heterocycles. The lowest BCUT2D eigenvalue weighted by atomic mass is 9.87. The smallest absolute Gasteiger partial charge is 0.255 e. The van der Waals surface area contributed by atoms with Gasteiger partial charge in [-0.2, -0.15) is 0 Å². The summed E-state index contributed by atoms with van der Waals surface area (Å²) in [6.45, 7) is 1.37. The van der Waals surface area contributed by atoms with Crippen LogP contribution < -0.4 is 0 Å². The number of aliphatic hydroxyl groups is 1. The molecule has 22 heavy (non-hydrogen) atoms. The van der Waals surface area contributed by atoms with E-state index in [4.69, 9.17) is 0 Å². The Morgan fingerprint density at radius 3 is 2.50 bits per heavy atom. The number of nitrogens with zero attached hydrogens (tertiary/aromatic N) is 2. The third-order valence-corrected chi connectivity index (χ3v) is 4.32. The summed E-state index contributed by atoms with van der Waals surface area (Å²) in [4.78, 5) is 18.2. The van der Waals surface area contributed by atoms with Crippen molar-refractivity contribution < 1.29 is 9.90 Å². The molecule has 1 unspecified atom stereocenters. The monoisotopic (exact) mass is 296 g/mol. The van der Waals surface area contributed by atoms with Gasteiger partial charge in [0, 0.05) is 25.5 Å². The molecule has 4 nitrogen and oxygen atoms in total. The standard InChI is InChI=1S/C18H20N2O2/c21-17(14-5-2-1-3-6-14)15-8-11-20(12-9-15)18(22)16-7-4-10-19-13-16/h1-7,10,13,15,17,21H,8-9,11-12H2. The van der Waals surface area contributed by atoms with Crippen molar-refractivity contribution >= 4 is 5.91 Å². The minimum absolute atomic E-state index is 0.0285. The highest BCUT2D eigenvalue weighted by Crippen LogP contribution is 2.30. The number of hydrogen-bond acceptors (Lipinski definition) is 3. The van der Waals surface area contributed by atoms with Gasteiger partial charge in [0.2, 0.25) is 0 Å². The predicted octanol–water partition coefficient (Wildman–Crippen LogP) is 2.67. The van der Waals surface area contributed by atoms with E-state index in [1.165, 1.54) is 0 Å². The number of piperidine rings is 1. The van der Waals surface area contributed by atoms with Crippen LogP contribution >= 0.6 is 0 Å². The van der Waals surface area contributed by atoms with Crippen LogP contribution in [0.15, 0.2) is 54.9 Å². The first kappa shape index (κ1) is 14.7. The van der Waals surface area contributed by atoms with Crippen molar-refractivity contribution in [3.63, 3.8) is 0 Å². The van der Waals surface area contributed by atoms with Crippen LogP contribution in [0.3, 0.4) is 0 Å². The summed E-state index contributed by atoms with van der Waals surface area (Å²) >= 11 is 0. The number of hydrogen-bond donors (Lipinski definition) is 1. The predicted molar refractivity (Wildman–Crippen MR) is 84.3 cm³/mol. The van der Waals surface area contributed by atoms with E-state index in [-0.39, 0.29) is 11.8 Å². The number of carbonyl (C=O) groups is 1. The second-order valence-electron chi connectivity index (χ2n) is 5.73. The van der Waals surface area contributed by atoms with E-state index >= 15 is 0 Å². The van der Waals surface area contributed by atoms with Crippen LogP contribution in [-0.2, 0) is 0 Å². The minimum atomic E-state index is -0.447. The van der Waals surface area contributed by atoms with Crippen molar-refractivity contribution in [3.05, 3.63) is 66.0 Å². The van der Waals surface area contributed by atoms with Crippen molar-refractivity contribution in [2.45, 2.75) is 18.9 Å². The molecule has 1 aliphatic rings. The molecule has 1 aliphatic heterocycles. The summed E-state index contributed by atoms with van der Waals surface area (Å²) < 4.78 is 0. The first-order valence-corrected chi connectivity index (χ1v) is 7.68. The molecular weight excluding hydrogens is 276 g/mol. The molecule has 2 heterocycles. The van der Waals surface area contributed by atoms with Gasteiger partial charge in [-0.15, -0.1) is 0 Å².